The number of amides is 2. The number of nitrogens with two attached hydrogens (primary N) is 1. The predicted octanol–water partition coefficient (Wildman–Crippen LogP) is 3.35. The molecule has 0 aliphatic rings. The van der Waals surface area contributed by atoms with Crippen molar-refractivity contribution in [3.05, 3.63) is 65.2 Å². The van der Waals surface area contributed by atoms with E-state index in [1.165, 1.54) is 0 Å². The fourth-order valence-electron chi connectivity index (χ4n) is 2.11. The van der Waals surface area contributed by atoms with Crippen molar-refractivity contribution in [3.63, 3.8) is 0 Å². The Bertz CT molecular complexity index is 720. The van der Waals surface area contributed by atoms with Crippen LogP contribution in [0, 0.1) is 0 Å². The van der Waals surface area contributed by atoms with E-state index in [9.17, 15) is 9.59 Å². The first-order valence-corrected chi connectivity index (χ1v) is 7.81. The number of carbonyl (C=O) groups excluding carboxylic acids is 2. The fraction of sp³-hybridized carbons (Fsp3) is 0.263. The molecular formula is C19H24ClN3O2. The molecule has 0 bridgehead atoms. The van der Waals surface area contributed by atoms with Crippen LogP contribution in [0.15, 0.2) is 48.5 Å². The van der Waals surface area contributed by atoms with Gasteiger partial charge in [-0.15, -0.1) is 12.4 Å². The number of carbonyl (C=O) groups is 2. The van der Waals surface area contributed by atoms with Crippen molar-refractivity contribution in [3.8, 4) is 0 Å². The minimum atomic E-state index is -0.292. The largest absolute Gasteiger partial charge is 0.347 e. The van der Waals surface area contributed by atoms with Crippen LogP contribution in [0.4, 0.5) is 5.69 Å². The quantitative estimate of drug-likeness (QED) is 0.780. The van der Waals surface area contributed by atoms with Gasteiger partial charge >= 0.3 is 0 Å². The highest BCUT2D eigenvalue weighted by Gasteiger charge is 2.15. The highest BCUT2D eigenvalue weighted by Crippen LogP contribution is 2.13. The molecule has 5 nitrogen and oxygen atoms in total. The topological polar surface area (TPSA) is 84.2 Å². The molecule has 4 N–H and O–H groups in total. The number of halogens is 1. The molecule has 25 heavy (non-hydrogen) atoms. The van der Waals surface area contributed by atoms with Gasteiger partial charge in [0, 0.05) is 28.9 Å². The van der Waals surface area contributed by atoms with E-state index < -0.39 is 0 Å². The maximum Gasteiger partial charge on any atom is 0.255 e. The van der Waals surface area contributed by atoms with Gasteiger partial charge in [0.15, 0.2) is 0 Å². The summed E-state index contributed by atoms with van der Waals surface area (Å²) in [7, 11) is 0. The zero-order chi connectivity index (χ0) is 17.7. The summed E-state index contributed by atoms with van der Waals surface area (Å²) in [5.41, 5.74) is 7.97. The summed E-state index contributed by atoms with van der Waals surface area (Å²) < 4.78 is 0. The maximum atomic E-state index is 12.2. The molecular weight excluding hydrogens is 338 g/mol. The van der Waals surface area contributed by atoms with Crippen molar-refractivity contribution in [2.45, 2.75) is 32.9 Å². The fourth-order valence-corrected chi connectivity index (χ4v) is 2.11. The van der Waals surface area contributed by atoms with Crippen LogP contribution in [-0.4, -0.2) is 17.4 Å². The summed E-state index contributed by atoms with van der Waals surface area (Å²) in [6.07, 6.45) is 0. The van der Waals surface area contributed by atoms with Gasteiger partial charge in [-0.05, 0) is 62.7 Å². The third kappa shape index (κ3) is 6.21. The van der Waals surface area contributed by atoms with E-state index in [-0.39, 0.29) is 29.8 Å². The Morgan fingerprint density at radius 3 is 1.84 bits per heavy atom. The molecule has 0 spiro atoms. The van der Waals surface area contributed by atoms with Crippen LogP contribution in [0.3, 0.4) is 0 Å². The molecule has 0 atom stereocenters. The number of rotatable bonds is 4. The van der Waals surface area contributed by atoms with E-state index in [2.05, 4.69) is 10.6 Å². The van der Waals surface area contributed by atoms with E-state index >= 15 is 0 Å². The second-order valence-corrected chi connectivity index (χ2v) is 6.64. The Balaban J connectivity index is 0.00000312. The lowest BCUT2D eigenvalue weighted by atomic mass is 10.1. The molecule has 0 heterocycles. The van der Waals surface area contributed by atoms with E-state index in [0.717, 1.165) is 5.56 Å². The van der Waals surface area contributed by atoms with Gasteiger partial charge in [-0.3, -0.25) is 9.59 Å². The SMILES string of the molecule is CC(C)(C)NC(=O)c1ccc(NC(=O)c2ccc(CN)cc2)cc1.Cl. The molecule has 0 unspecified atom stereocenters. The summed E-state index contributed by atoms with van der Waals surface area (Å²) in [6, 6.07) is 13.9. The van der Waals surface area contributed by atoms with E-state index in [0.29, 0.717) is 23.4 Å². The van der Waals surface area contributed by atoms with Gasteiger partial charge in [0.1, 0.15) is 0 Å². The van der Waals surface area contributed by atoms with E-state index in [4.69, 9.17) is 5.73 Å². The smallest absolute Gasteiger partial charge is 0.255 e. The number of hydrogen-bond acceptors (Lipinski definition) is 3. The third-order valence-corrected chi connectivity index (χ3v) is 3.35. The summed E-state index contributed by atoms with van der Waals surface area (Å²) in [5, 5.41) is 5.70. The van der Waals surface area contributed by atoms with Gasteiger partial charge in [0.25, 0.3) is 11.8 Å². The molecule has 0 aromatic heterocycles. The van der Waals surface area contributed by atoms with Gasteiger partial charge in [-0.2, -0.15) is 0 Å². The van der Waals surface area contributed by atoms with Crippen molar-refractivity contribution in [1.29, 1.82) is 0 Å². The molecule has 0 aliphatic heterocycles. The highest BCUT2D eigenvalue weighted by molar-refractivity contribution is 6.04. The van der Waals surface area contributed by atoms with Gasteiger partial charge in [0.2, 0.25) is 0 Å². The molecule has 134 valence electrons. The number of anilines is 1. The molecule has 0 fully saturated rings. The minimum absolute atomic E-state index is 0. The summed E-state index contributed by atoms with van der Waals surface area (Å²) in [5.74, 6) is -0.344. The van der Waals surface area contributed by atoms with Crippen molar-refractivity contribution in [2.24, 2.45) is 5.73 Å². The summed E-state index contributed by atoms with van der Waals surface area (Å²) in [6.45, 7) is 6.22. The molecule has 2 aromatic carbocycles. The van der Waals surface area contributed by atoms with Crippen LogP contribution in [-0.2, 0) is 6.54 Å². The minimum Gasteiger partial charge on any atom is -0.347 e. The van der Waals surface area contributed by atoms with Crippen LogP contribution in [0.25, 0.3) is 0 Å². The zero-order valence-corrected chi connectivity index (χ0v) is 15.4. The normalized spacial score (nSPS) is 10.6. The molecule has 0 aliphatic carbocycles. The van der Waals surface area contributed by atoms with E-state index in [1.54, 1.807) is 36.4 Å². The zero-order valence-electron chi connectivity index (χ0n) is 14.6. The lowest BCUT2D eigenvalue weighted by Gasteiger charge is -2.20. The van der Waals surface area contributed by atoms with Crippen LogP contribution < -0.4 is 16.4 Å². The van der Waals surface area contributed by atoms with Crippen molar-refractivity contribution >= 4 is 29.9 Å². The van der Waals surface area contributed by atoms with Crippen molar-refractivity contribution < 1.29 is 9.59 Å². The van der Waals surface area contributed by atoms with Crippen LogP contribution in [0.1, 0.15) is 47.1 Å². The Labute approximate surface area is 154 Å². The van der Waals surface area contributed by atoms with Gasteiger partial charge in [-0.25, -0.2) is 0 Å². The highest BCUT2D eigenvalue weighted by atomic mass is 35.5. The predicted molar refractivity (Wildman–Crippen MR) is 103 cm³/mol. The standard InChI is InChI=1S/C19H23N3O2.ClH/c1-19(2,3)22-18(24)15-8-10-16(11-9-15)21-17(23)14-6-4-13(12-20)5-7-14;/h4-11H,12,20H2,1-3H3,(H,21,23)(H,22,24);1H. The second-order valence-electron chi connectivity index (χ2n) is 6.64. The van der Waals surface area contributed by atoms with Crippen LogP contribution in [0.5, 0.6) is 0 Å². The Hall–Kier alpha value is -2.37. The van der Waals surface area contributed by atoms with Crippen molar-refractivity contribution in [1.82, 2.24) is 5.32 Å². The molecule has 2 rings (SSSR count). The lowest BCUT2D eigenvalue weighted by Crippen LogP contribution is -2.40. The summed E-state index contributed by atoms with van der Waals surface area (Å²) in [4.78, 5) is 24.3. The van der Waals surface area contributed by atoms with Crippen LogP contribution >= 0.6 is 12.4 Å². The number of hydrogen-bond donors (Lipinski definition) is 3. The summed E-state index contributed by atoms with van der Waals surface area (Å²) >= 11 is 0. The first-order chi connectivity index (χ1) is 11.3. The first-order valence-electron chi connectivity index (χ1n) is 7.81. The average Bonchev–Trinajstić information content (AvgIpc) is 2.54. The molecule has 0 radical (unpaired) electrons. The Kier molecular flexibility index (Phi) is 7.15. The van der Waals surface area contributed by atoms with Crippen molar-refractivity contribution in [2.75, 3.05) is 5.32 Å². The molecule has 2 aromatic rings. The lowest BCUT2D eigenvalue weighted by molar-refractivity contribution is 0.0919. The number of nitrogens with one attached hydrogen (secondary N) is 2. The average molecular weight is 362 g/mol. The molecule has 6 heteroatoms. The maximum absolute atomic E-state index is 12.2. The van der Waals surface area contributed by atoms with E-state index in [1.807, 2.05) is 32.9 Å². The van der Waals surface area contributed by atoms with Gasteiger partial charge in [0.05, 0.1) is 0 Å². The second kappa shape index (κ2) is 8.65. The number of benzene rings is 2. The monoisotopic (exact) mass is 361 g/mol. The molecule has 2 amide bonds. The first kappa shape index (κ1) is 20.7. The molecule has 0 saturated carbocycles. The van der Waals surface area contributed by atoms with Gasteiger partial charge < -0.3 is 16.4 Å². The third-order valence-electron chi connectivity index (χ3n) is 3.35. The Morgan fingerprint density at radius 2 is 1.36 bits per heavy atom. The van der Waals surface area contributed by atoms with Crippen LogP contribution in [0.2, 0.25) is 0 Å². The Morgan fingerprint density at radius 1 is 0.880 bits per heavy atom. The molecule has 0 saturated heterocycles. The van der Waals surface area contributed by atoms with Gasteiger partial charge in [-0.1, -0.05) is 12.1 Å².